The molecule has 1 N–H and O–H groups in total. The predicted octanol–water partition coefficient (Wildman–Crippen LogP) is 1.02. The Bertz CT molecular complexity index is 394. The molecule has 0 aliphatic carbocycles. The molecule has 5 nitrogen and oxygen atoms in total. The van der Waals surface area contributed by atoms with Crippen LogP contribution in [0.5, 0.6) is 0 Å². The number of nitrogens with zero attached hydrogens (tertiary/aromatic N) is 4. The largest absolute Gasteiger partial charge is 0.350 e. The summed E-state index contributed by atoms with van der Waals surface area (Å²) < 4.78 is 0. The summed E-state index contributed by atoms with van der Waals surface area (Å²) in [7, 11) is 4.02. The first kappa shape index (κ1) is 12.4. The molecule has 1 aromatic heterocycles. The Morgan fingerprint density at radius 3 is 2.75 bits per heavy atom. The molecule has 1 aromatic rings. The van der Waals surface area contributed by atoms with Crippen molar-refractivity contribution in [2.45, 2.75) is 19.9 Å². The zero-order valence-electron chi connectivity index (χ0n) is 10.2. The Morgan fingerprint density at radius 1 is 1.50 bits per heavy atom. The van der Waals surface area contributed by atoms with E-state index in [0.29, 0.717) is 11.6 Å². The number of aromatic nitrogens is 2. The van der Waals surface area contributed by atoms with E-state index in [9.17, 15) is 0 Å². The van der Waals surface area contributed by atoms with Gasteiger partial charge in [0.2, 0.25) is 5.95 Å². The third-order valence-corrected chi connectivity index (χ3v) is 1.98. The van der Waals surface area contributed by atoms with Crippen molar-refractivity contribution in [3.05, 3.63) is 17.5 Å². The average Bonchev–Trinajstić information content (AvgIpc) is 2.14. The molecule has 5 heteroatoms. The van der Waals surface area contributed by atoms with E-state index in [1.165, 1.54) is 0 Å². The maximum atomic E-state index is 8.79. The van der Waals surface area contributed by atoms with Gasteiger partial charge in [-0.25, -0.2) is 9.97 Å². The van der Waals surface area contributed by atoms with Gasteiger partial charge in [-0.05, 0) is 34.0 Å². The third kappa shape index (κ3) is 3.83. The quantitative estimate of drug-likeness (QED) is 0.819. The minimum Gasteiger partial charge on any atom is -0.350 e. The van der Waals surface area contributed by atoms with Crippen molar-refractivity contribution in [3.63, 3.8) is 0 Å². The van der Waals surface area contributed by atoms with Crippen molar-refractivity contribution in [2.75, 3.05) is 26.0 Å². The summed E-state index contributed by atoms with van der Waals surface area (Å²) in [5, 5.41) is 12.0. The lowest BCUT2D eigenvalue weighted by atomic mass is 10.3. The molecular weight excluding hydrogens is 202 g/mol. The van der Waals surface area contributed by atoms with Gasteiger partial charge in [0.15, 0.2) is 0 Å². The van der Waals surface area contributed by atoms with Gasteiger partial charge in [-0.1, -0.05) is 0 Å². The van der Waals surface area contributed by atoms with Crippen LogP contribution in [-0.2, 0) is 0 Å². The zero-order valence-corrected chi connectivity index (χ0v) is 10.2. The molecule has 0 spiro atoms. The Hall–Kier alpha value is -1.67. The van der Waals surface area contributed by atoms with Gasteiger partial charge in [0.05, 0.1) is 0 Å². The Kier molecular flexibility index (Phi) is 4.20. The normalized spacial score (nSPS) is 12.2. The number of nitrogens with one attached hydrogen (secondary N) is 1. The highest BCUT2D eigenvalue weighted by Gasteiger charge is 2.06. The molecule has 0 radical (unpaired) electrons. The maximum Gasteiger partial charge on any atom is 0.224 e. The second kappa shape index (κ2) is 5.42. The number of hydrogen-bond acceptors (Lipinski definition) is 5. The van der Waals surface area contributed by atoms with E-state index in [-0.39, 0.29) is 6.04 Å². The molecule has 86 valence electrons. The maximum absolute atomic E-state index is 8.79. The molecule has 1 heterocycles. The molecular formula is C11H17N5. The molecule has 16 heavy (non-hydrogen) atoms. The monoisotopic (exact) mass is 219 g/mol. The minimum absolute atomic E-state index is 0.239. The van der Waals surface area contributed by atoms with Crippen LogP contribution in [0, 0.1) is 18.3 Å². The van der Waals surface area contributed by atoms with E-state index in [2.05, 4.69) is 27.1 Å². The summed E-state index contributed by atoms with van der Waals surface area (Å²) in [6, 6.07) is 3.93. The molecule has 0 aromatic carbocycles. The zero-order chi connectivity index (χ0) is 12.1. The highest BCUT2D eigenvalue weighted by atomic mass is 15.2. The molecule has 0 saturated heterocycles. The number of aryl methyl sites for hydroxylation is 1. The predicted molar refractivity (Wildman–Crippen MR) is 63.1 cm³/mol. The molecule has 0 aliphatic rings. The first-order chi connectivity index (χ1) is 7.51. The van der Waals surface area contributed by atoms with Crippen LogP contribution >= 0.6 is 0 Å². The van der Waals surface area contributed by atoms with Crippen LogP contribution in [0.2, 0.25) is 0 Å². The van der Waals surface area contributed by atoms with Crippen LogP contribution in [0.15, 0.2) is 6.07 Å². The highest BCUT2D eigenvalue weighted by molar-refractivity contribution is 5.33. The molecule has 0 amide bonds. The topological polar surface area (TPSA) is 64.8 Å². The number of anilines is 1. The van der Waals surface area contributed by atoms with Gasteiger partial charge in [0, 0.05) is 18.3 Å². The lowest BCUT2D eigenvalue weighted by molar-refractivity contribution is 0.391. The second-order valence-corrected chi connectivity index (χ2v) is 4.14. The number of nitriles is 1. The Labute approximate surface area is 96.1 Å². The number of hydrogen-bond donors (Lipinski definition) is 1. The van der Waals surface area contributed by atoms with Gasteiger partial charge in [-0.15, -0.1) is 0 Å². The third-order valence-electron chi connectivity index (χ3n) is 1.98. The average molecular weight is 219 g/mol. The smallest absolute Gasteiger partial charge is 0.224 e. The van der Waals surface area contributed by atoms with Crippen molar-refractivity contribution in [3.8, 4) is 6.07 Å². The first-order valence-electron chi connectivity index (χ1n) is 5.18. The summed E-state index contributed by atoms with van der Waals surface area (Å²) in [4.78, 5) is 10.4. The van der Waals surface area contributed by atoms with E-state index < -0.39 is 0 Å². The van der Waals surface area contributed by atoms with Crippen molar-refractivity contribution in [1.82, 2.24) is 14.9 Å². The molecule has 0 saturated carbocycles. The first-order valence-corrected chi connectivity index (χ1v) is 5.18. The number of rotatable bonds is 4. The van der Waals surface area contributed by atoms with Crippen molar-refractivity contribution < 1.29 is 0 Å². The van der Waals surface area contributed by atoms with E-state index in [0.717, 1.165) is 12.2 Å². The van der Waals surface area contributed by atoms with Crippen LogP contribution in [0.4, 0.5) is 5.95 Å². The molecule has 1 atom stereocenters. The van der Waals surface area contributed by atoms with E-state index in [1.807, 2.05) is 27.1 Å². The van der Waals surface area contributed by atoms with E-state index in [4.69, 9.17) is 5.26 Å². The van der Waals surface area contributed by atoms with Gasteiger partial charge in [-0.3, -0.25) is 0 Å². The van der Waals surface area contributed by atoms with Gasteiger partial charge < -0.3 is 10.2 Å². The highest BCUT2D eigenvalue weighted by Crippen LogP contribution is 2.05. The van der Waals surface area contributed by atoms with Crippen LogP contribution in [-0.4, -0.2) is 41.5 Å². The van der Waals surface area contributed by atoms with Crippen LogP contribution < -0.4 is 5.32 Å². The SMILES string of the molecule is Cc1cc(C#N)nc(NC(C)CN(C)C)n1. The van der Waals surface area contributed by atoms with Gasteiger partial charge in [-0.2, -0.15) is 5.26 Å². The van der Waals surface area contributed by atoms with Crippen LogP contribution in [0.3, 0.4) is 0 Å². The summed E-state index contributed by atoms with van der Waals surface area (Å²) in [6.45, 7) is 4.79. The van der Waals surface area contributed by atoms with Crippen molar-refractivity contribution in [2.24, 2.45) is 0 Å². The lowest BCUT2D eigenvalue weighted by Crippen LogP contribution is -2.30. The van der Waals surface area contributed by atoms with Crippen LogP contribution in [0.25, 0.3) is 0 Å². The second-order valence-electron chi connectivity index (χ2n) is 4.14. The Morgan fingerprint density at radius 2 is 2.19 bits per heavy atom. The Balaban J connectivity index is 2.74. The van der Waals surface area contributed by atoms with Gasteiger partial charge in [0.25, 0.3) is 0 Å². The van der Waals surface area contributed by atoms with Crippen LogP contribution in [0.1, 0.15) is 18.3 Å². The standard InChI is InChI=1S/C11H17N5/c1-8-5-10(6-12)15-11(13-8)14-9(2)7-16(3)4/h5,9H,7H2,1-4H3,(H,13,14,15). The number of likely N-dealkylation sites (N-methyl/N-ethyl adjacent to an activating group) is 1. The molecule has 0 fully saturated rings. The van der Waals surface area contributed by atoms with Gasteiger partial charge >= 0.3 is 0 Å². The molecule has 0 aliphatic heterocycles. The van der Waals surface area contributed by atoms with Crippen molar-refractivity contribution >= 4 is 5.95 Å². The summed E-state index contributed by atoms with van der Waals surface area (Å²) >= 11 is 0. The molecule has 1 rings (SSSR count). The molecule has 0 bridgehead atoms. The fourth-order valence-corrected chi connectivity index (χ4v) is 1.50. The summed E-state index contributed by atoms with van der Waals surface area (Å²) in [5.41, 5.74) is 1.19. The molecule has 1 unspecified atom stereocenters. The van der Waals surface area contributed by atoms with Crippen molar-refractivity contribution in [1.29, 1.82) is 5.26 Å². The van der Waals surface area contributed by atoms with Gasteiger partial charge in [0.1, 0.15) is 11.8 Å². The lowest BCUT2D eigenvalue weighted by Gasteiger charge is -2.18. The fraction of sp³-hybridized carbons (Fsp3) is 0.545. The van der Waals surface area contributed by atoms with E-state index in [1.54, 1.807) is 6.07 Å². The summed E-state index contributed by atoms with van der Waals surface area (Å²) in [6.07, 6.45) is 0. The minimum atomic E-state index is 0.239. The fourth-order valence-electron chi connectivity index (χ4n) is 1.50. The summed E-state index contributed by atoms with van der Waals surface area (Å²) in [5.74, 6) is 0.519. The van der Waals surface area contributed by atoms with E-state index >= 15 is 0 Å².